The average Bonchev–Trinajstić information content (AvgIpc) is 2.32. The summed E-state index contributed by atoms with van der Waals surface area (Å²) in [4.78, 5) is 0. The van der Waals surface area contributed by atoms with Crippen molar-refractivity contribution in [2.45, 2.75) is 12.5 Å². The van der Waals surface area contributed by atoms with Crippen molar-refractivity contribution in [2.75, 3.05) is 13.1 Å². The van der Waals surface area contributed by atoms with Crippen molar-refractivity contribution in [3.05, 3.63) is 15.2 Å². The zero-order chi connectivity index (χ0) is 8.60. The van der Waals surface area contributed by atoms with Gasteiger partial charge in [0.15, 0.2) is 0 Å². The van der Waals surface area contributed by atoms with Crippen LogP contribution in [0, 0.1) is 0 Å². The summed E-state index contributed by atoms with van der Waals surface area (Å²) in [6, 6.07) is 2.01. The molecule has 1 aromatic rings. The van der Waals surface area contributed by atoms with E-state index in [4.69, 9.17) is 4.74 Å². The lowest BCUT2D eigenvalue weighted by Crippen LogP contribution is -2.60. The number of thiophene rings is 1. The van der Waals surface area contributed by atoms with Crippen LogP contribution < -0.4 is 10.1 Å². The van der Waals surface area contributed by atoms with E-state index in [0.29, 0.717) is 0 Å². The molecule has 4 heteroatoms. The largest absolute Gasteiger partial charge is 0.484 e. The summed E-state index contributed by atoms with van der Waals surface area (Å²) in [6.45, 7) is 4.01. The molecule has 1 aliphatic rings. The lowest BCUT2D eigenvalue weighted by Gasteiger charge is -2.39. The van der Waals surface area contributed by atoms with E-state index in [2.05, 4.69) is 28.2 Å². The first-order valence-corrected chi connectivity index (χ1v) is 5.49. The van der Waals surface area contributed by atoms with Crippen LogP contribution in [0.3, 0.4) is 0 Å². The second-order valence-corrected chi connectivity index (χ2v) is 5.53. The van der Waals surface area contributed by atoms with Crippen LogP contribution in [-0.2, 0) is 0 Å². The minimum absolute atomic E-state index is 0.0144. The molecule has 1 N–H and O–H groups in total. The Balaban J connectivity index is 2.03. The minimum Gasteiger partial charge on any atom is -0.484 e. The van der Waals surface area contributed by atoms with Crippen LogP contribution in [-0.4, -0.2) is 18.7 Å². The fourth-order valence-electron chi connectivity index (χ4n) is 1.18. The van der Waals surface area contributed by atoms with Crippen molar-refractivity contribution in [1.82, 2.24) is 5.32 Å². The van der Waals surface area contributed by atoms with Gasteiger partial charge in [-0.15, -0.1) is 11.3 Å². The molecule has 0 amide bonds. The van der Waals surface area contributed by atoms with E-state index in [0.717, 1.165) is 22.6 Å². The quantitative estimate of drug-likeness (QED) is 0.866. The van der Waals surface area contributed by atoms with Crippen molar-refractivity contribution in [3.8, 4) is 5.75 Å². The van der Waals surface area contributed by atoms with Crippen LogP contribution in [0.2, 0.25) is 0 Å². The van der Waals surface area contributed by atoms with Gasteiger partial charge in [-0.2, -0.15) is 0 Å². The van der Waals surface area contributed by atoms with Crippen LogP contribution >= 0.6 is 27.3 Å². The Morgan fingerprint density at radius 1 is 1.67 bits per heavy atom. The maximum Gasteiger partial charge on any atom is 0.132 e. The summed E-state index contributed by atoms with van der Waals surface area (Å²) in [6.07, 6.45) is 0. The molecule has 0 radical (unpaired) electrons. The molecule has 12 heavy (non-hydrogen) atoms. The Bertz CT molecular complexity index is 282. The molecule has 1 saturated heterocycles. The van der Waals surface area contributed by atoms with Crippen LogP contribution in [0.1, 0.15) is 6.92 Å². The summed E-state index contributed by atoms with van der Waals surface area (Å²) in [5.41, 5.74) is 0.0144. The molecular formula is C8H10BrNOS. The van der Waals surface area contributed by atoms with Crippen LogP contribution in [0.25, 0.3) is 0 Å². The maximum absolute atomic E-state index is 5.78. The molecule has 0 unspecified atom stereocenters. The summed E-state index contributed by atoms with van der Waals surface area (Å²) in [5.74, 6) is 0.968. The molecule has 0 saturated carbocycles. The van der Waals surface area contributed by atoms with Gasteiger partial charge in [-0.25, -0.2) is 0 Å². The van der Waals surface area contributed by atoms with Crippen molar-refractivity contribution in [3.63, 3.8) is 0 Å². The first-order chi connectivity index (χ1) is 5.68. The van der Waals surface area contributed by atoms with Crippen molar-refractivity contribution in [2.24, 2.45) is 0 Å². The monoisotopic (exact) mass is 247 g/mol. The molecule has 0 bridgehead atoms. The van der Waals surface area contributed by atoms with E-state index < -0.39 is 0 Å². The molecule has 1 aliphatic heterocycles. The third-order valence-corrected chi connectivity index (χ3v) is 3.39. The van der Waals surface area contributed by atoms with Gasteiger partial charge in [-0.05, 0) is 22.9 Å². The van der Waals surface area contributed by atoms with Gasteiger partial charge in [0.1, 0.15) is 11.4 Å². The predicted octanol–water partition coefficient (Wildman–Crippen LogP) is 2.25. The standard InChI is InChI=1S/C8H10BrNOS/c1-8(4-10-5-8)11-6-2-7(9)12-3-6/h2-3,10H,4-5H2,1H3. The first-order valence-electron chi connectivity index (χ1n) is 3.82. The lowest BCUT2D eigenvalue weighted by atomic mass is 10.0. The average molecular weight is 248 g/mol. The zero-order valence-corrected chi connectivity index (χ0v) is 9.17. The highest BCUT2D eigenvalue weighted by Crippen LogP contribution is 2.29. The summed E-state index contributed by atoms with van der Waals surface area (Å²) < 4.78 is 6.90. The van der Waals surface area contributed by atoms with Crippen molar-refractivity contribution >= 4 is 27.3 Å². The van der Waals surface area contributed by atoms with Crippen molar-refractivity contribution in [1.29, 1.82) is 0 Å². The topological polar surface area (TPSA) is 21.3 Å². The van der Waals surface area contributed by atoms with Gasteiger partial charge >= 0.3 is 0 Å². The molecule has 2 nitrogen and oxygen atoms in total. The molecule has 2 heterocycles. The van der Waals surface area contributed by atoms with E-state index in [1.807, 2.05) is 11.4 Å². The van der Waals surface area contributed by atoms with Gasteiger partial charge in [0.25, 0.3) is 0 Å². The Hall–Kier alpha value is -0.0600. The zero-order valence-electron chi connectivity index (χ0n) is 6.76. The van der Waals surface area contributed by atoms with Gasteiger partial charge in [0.2, 0.25) is 0 Å². The molecule has 1 fully saturated rings. The Morgan fingerprint density at radius 3 is 2.83 bits per heavy atom. The number of hydrogen-bond donors (Lipinski definition) is 1. The Kier molecular flexibility index (Phi) is 2.14. The molecular weight excluding hydrogens is 238 g/mol. The fourth-order valence-corrected chi connectivity index (χ4v) is 2.22. The van der Waals surface area contributed by atoms with E-state index in [-0.39, 0.29) is 5.60 Å². The highest BCUT2D eigenvalue weighted by atomic mass is 79.9. The summed E-state index contributed by atoms with van der Waals surface area (Å²) in [7, 11) is 0. The number of ether oxygens (including phenoxy) is 1. The lowest BCUT2D eigenvalue weighted by molar-refractivity contribution is 0.0353. The summed E-state index contributed by atoms with van der Waals surface area (Å²) in [5, 5.41) is 5.22. The normalized spacial score (nSPS) is 20.2. The third-order valence-electron chi connectivity index (χ3n) is 1.91. The van der Waals surface area contributed by atoms with Gasteiger partial charge < -0.3 is 10.1 Å². The highest BCUT2D eigenvalue weighted by molar-refractivity contribution is 9.11. The highest BCUT2D eigenvalue weighted by Gasteiger charge is 2.33. The summed E-state index contributed by atoms with van der Waals surface area (Å²) >= 11 is 5.05. The van der Waals surface area contributed by atoms with Crippen LogP contribution in [0.5, 0.6) is 5.75 Å². The van der Waals surface area contributed by atoms with Crippen LogP contribution in [0.4, 0.5) is 0 Å². The fraction of sp³-hybridized carbons (Fsp3) is 0.500. The second-order valence-electron chi connectivity index (χ2n) is 3.24. The van der Waals surface area contributed by atoms with E-state index >= 15 is 0 Å². The first kappa shape index (κ1) is 8.53. The van der Waals surface area contributed by atoms with Crippen molar-refractivity contribution < 1.29 is 4.74 Å². The molecule has 0 atom stereocenters. The van der Waals surface area contributed by atoms with Crippen LogP contribution in [0.15, 0.2) is 15.2 Å². The Labute approximate surface area is 84.1 Å². The second kappa shape index (κ2) is 3.01. The number of rotatable bonds is 2. The van der Waals surface area contributed by atoms with Gasteiger partial charge in [-0.3, -0.25) is 0 Å². The van der Waals surface area contributed by atoms with E-state index in [9.17, 15) is 0 Å². The van der Waals surface area contributed by atoms with E-state index in [1.165, 1.54) is 0 Å². The molecule has 1 aromatic heterocycles. The molecule has 0 aromatic carbocycles. The number of halogens is 1. The third kappa shape index (κ3) is 1.65. The Morgan fingerprint density at radius 2 is 2.42 bits per heavy atom. The molecule has 0 aliphatic carbocycles. The molecule has 0 spiro atoms. The van der Waals surface area contributed by atoms with Gasteiger partial charge in [0.05, 0.1) is 3.79 Å². The SMILES string of the molecule is CC1(Oc2csc(Br)c2)CNC1. The maximum atomic E-state index is 5.78. The smallest absolute Gasteiger partial charge is 0.132 e. The molecule has 66 valence electrons. The van der Waals surface area contributed by atoms with Gasteiger partial charge in [0, 0.05) is 24.5 Å². The predicted molar refractivity (Wildman–Crippen MR) is 53.9 cm³/mol. The van der Waals surface area contributed by atoms with E-state index in [1.54, 1.807) is 11.3 Å². The number of nitrogens with one attached hydrogen (secondary N) is 1. The van der Waals surface area contributed by atoms with Gasteiger partial charge in [-0.1, -0.05) is 0 Å². The molecule has 2 rings (SSSR count). The number of hydrogen-bond acceptors (Lipinski definition) is 3. The minimum atomic E-state index is 0.0144.